The van der Waals surface area contributed by atoms with Crippen molar-refractivity contribution in [2.45, 2.75) is 33.1 Å². The highest BCUT2D eigenvalue weighted by molar-refractivity contribution is 5.83. The van der Waals surface area contributed by atoms with Gasteiger partial charge in [0.25, 0.3) is 5.56 Å². The molecule has 0 aliphatic rings. The SMILES string of the molecule is CCc1cn(C)c2cc(C(C)C)[nH]c(=O)c12. The summed E-state index contributed by atoms with van der Waals surface area (Å²) in [6, 6.07) is 2.08. The predicted molar refractivity (Wildman–Crippen MR) is 67.0 cm³/mol. The van der Waals surface area contributed by atoms with E-state index in [4.69, 9.17) is 0 Å². The van der Waals surface area contributed by atoms with Gasteiger partial charge in [0, 0.05) is 18.9 Å². The van der Waals surface area contributed by atoms with E-state index in [0.717, 1.165) is 28.6 Å². The zero-order valence-corrected chi connectivity index (χ0v) is 10.3. The average Bonchev–Trinajstić information content (AvgIpc) is 2.56. The van der Waals surface area contributed by atoms with E-state index >= 15 is 0 Å². The van der Waals surface area contributed by atoms with Crippen molar-refractivity contribution < 1.29 is 0 Å². The minimum Gasteiger partial charge on any atom is -0.350 e. The van der Waals surface area contributed by atoms with Gasteiger partial charge in [0.1, 0.15) is 0 Å². The first-order valence-electron chi connectivity index (χ1n) is 5.75. The van der Waals surface area contributed by atoms with E-state index in [1.54, 1.807) is 0 Å². The number of hydrogen-bond donors (Lipinski definition) is 1. The van der Waals surface area contributed by atoms with E-state index in [9.17, 15) is 4.79 Å². The average molecular weight is 218 g/mol. The smallest absolute Gasteiger partial charge is 0.257 e. The number of aromatic nitrogens is 2. The molecule has 3 nitrogen and oxygen atoms in total. The van der Waals surface area contributed by atoms with Crippen LogP contribution in [0.15, 0.2) is 17.1 Å². The van der Waals surface area contributed by atoms with Gasteiger partial charge in [0.15, 0.2) is 0 Å². The van der Waals surface area contributed by atoms with E-state index in [2.05, 4.69) is 31.8 Å². The van der Waals surface area contributed by atoms with Crippen molar-refractivity contribution in [3.05, 3.63) is 33.9 Å². The van der Waals surface area contributed by atoms with Crippen LogP contribution in [0.2, 0.25) is 0 Å². The second-order valence-electron chi connectivity index (χ2n) is 4.59. The first kappa shape index (κ1) is 11.0. The lowest BCUT2D eigenvalue weighted by Crippen LogP contribution is -2.11. The number of aryl methyl sites for hydroxylation is 2. The number of pyridine rings is 1. The van der Waals surface area contributed by atoms with Crippen molar-refractivity contribution in [1.29, 1.82) is 0 Å². The maximum absolute atomic E-state index is 12.0. The second kappa shape index (κ2) is 3.81. The Morgan fingerprint density at radius 1 is 1.44 bits per heavy atom. The van der Waals surface area contributed by atoms with Crippen molar-refractivity contribution in [2.24, 2.45) is 7.05 Å². The minimum atomic E-state index is 0.0404. The third-order valence-corrected chi connectivity index (χ3v) is 3.09. The highest BCUT2D eigenvalue weighted by Crippen LogP contribution is 2.20. The predicted octanol–water partition coefficient (Wildman–Crippen LogP) is 2.55. The molecule has 86 valence electrons. The topological polar surface area (TPSA) is 37.8 Å². The monoisotopic (exact) mass is 218 g/mol. The van der Waals surface area contributed by atoms with Crippen LogP contribution in [0.4, 0.5) is 0 Å². The van der Waals surface area contributed by atoms with Crippen molar-refractivity contribution in [2.75, 3.05) is 0 Å². The fourth-order valence-electron chi connectivity index (χ4n) is 2.10. The van der Waals surface area contributed by atoms with E-state index in [1.807, 2.05) is 17.8 Å². The molecular weight excluding hydrogens is 200 g/mol. The molecule has 1 N–H and O–H groups in total. The van der Waals surface area contributed by atoms with Gasteiger partial charge in [-0.1, -0.05) is 20.8 Å². The molecule has 2 heterocycles. The summed E-state index contributed by atoms with van der Waals surface area (Å²) in [6.07, 6.45) is 2.94. The first-order chi connectivity index (χ1) is 7.54. The van der Waals surface area contributed by atoms with E-state index in [0.29, 0.717) is 5.92 Å². The maximum Gasteiger partial charge on any atom is 0.257 e. The summed E-state index contributed by atoms with van der Waals surface area (Å²) in [7, 11) is 1.99. The molecule has 0 bridgehead atoms. The van der Waals surface area contributed by atoms with Crippen molar-refractivity contribution in [3.63, 3.8) is 0 Å². The Morgan fingerprint density at radius 3 is 2.69 bits per heavy atom. The van der Waals surface area contributed by atoms with Gasteiger partial charge in [-0.05, 0) is 24.0 Å². The highest BCUT2D eigenvalue weighted by atomic mass is 16.1. The fraction of sp³-hybridized carbons (Fsp3) is 0.462. The van der Waals surface area contributed by atoms with Crippen LogP contribution < -0.4 is 5.56 Å². The van der Waals surface area contributed by atoms with Gasteiger partial charge in [0.2, 0.25) is 0 Å². The Bertz CT molecular complexity index is 575. The number of H-pyrrole nitrogens is 1. The number of nitrogens with one attached hydrogen (secondary N) is 1. The number of rotatable bonds is 2. The van der Waals surface area contributed by atoms with Gasteiger partial charge < -0.3 is 9.55 Å². The van der Waals surface area contributed by atoms with Crippen molar-refractivity contribution in [1.82, 2.24) is 9.55 Å². The van der Waals surface area contributed by atoms with Gasteiger partial charge in [-0.3, -0.25) is 4.79 Å². The van der Waals surface area contributed by atoms with Crippen LogP contribution in [0.1, 0.15) is 37.9 Å². The lowest BCUT2D eigenvalue weighted by atomic mass is 10.1. The molecule has 0 fully saturated rings. The molecule has 0 amide bonds. The third kappa shape index (κ3) is 1.56. The van der Waals surface area contributed by atoms with Crippen LogP contribution in [0.3, 0.4) is 0 Å². The number of fused-ring (bicyclic) bond motifs is 1. The second-order valence-corrected chi connectivity index (χ2v) is 4.59. The largest absolute Gasteiger partial charge is 0.350 e. The summed E-state index contributed by atoms with van der Waals surface area (Å²) < 4.78 is 2.04. The fourth-order valence-corrected chi connectivity index (χ4v) is 2.10. The third-order valence-electron chi connectivity index (χ3n) is 3.09. The molecule has 16 heavy (non-hydrogen) atoms. The molecule has 0 aliphatic heterocycles. The Labute approximate surface area is 95.1 Å². The summed E-state index contributed by atoms with van der Waals surface area (Å²) in [6.45, 7) is 6.24. The zero-order valence-electron chi connectivity index (χ0n) is 10.3. The lowest BCUT2D eigenvalue weighted by Gasteiger charge is -2.06. The van der Waals surface area contributed by atoms with Crippen LogP contribution in [-0.4, -0.2) is 9.55 Å². The van der Waals surface area contributed by atoms with Crippen LogP contribution in [-0.2, 0) is 13.5 Å². The molecule has 2 aromatic rings. The van der Waals surface area contributed by atoms with Crippen LogP contribution >= 0.6 is 0 Å². The zero-order chi connectivity index (χ0) is 11.9. The normalized spacial score (nSPS) is 11.6. The molecule has 0 aromatic carbocycles. The summed E-state index contributed by atoms with van der Waals surface area (Å²) >= 11 is 0. The summed E-state index contributed by atoms with van der Waals surface area (Å²) in [5.74, 6) is 0.345. The number of nitrogens with zero attached hydrogens (tertiary/aromatic N) is 1. The van der Waals surface area contributed by atoms with E-state index in [-0.39, 0.29) is 5.56 Å². The van der Waals surface area contributed by atoms with Crippen molar-refractivity contribution >= 4 is 10.9 Å². The molecule has 2 aromatic heterocycles. The van der Waals surface area contributed by atoms with E-state index < -0.39 is 0 Å². The molecule has 0 unspecified atom stereocenters. The molecule has 2 rings (SSSR count). The van der Waals surface area contributed by atoms with Crippen LogP contribution in [0, 0.1) is 0 Å². The summed E-state index contributed by atoms with van der Waals surface area (Å²) in [5, 5.41) is 0.842. The molecule has 0 saturated heterocycles. The van der Waals surface area contributed by atoms with Gasteiger partial charge in [0.05, 0.1) is 10.9 Å². The van der Waals surface area contributed by atoms with Gasteiger partial charge in [-0.25, -0.2) is 0 Å². The Kier molecular flexibility index (Phi) is 2.62. The van der Waals surface area contributed by atoms with E-state index in [1.165, 1.54) is 0 Å². The standard InChI is InChI=1S/C13H18N2O/c1-5-9-7-15(4)11-6-10(8(2)3)14-13(16)12(9)11/h6-8H,5H2,1-4H3,(H,14,16). The molecule has 0 saturated carbocycles. The maximum atomic E-state index is 12.0. The van der Waals surface area contributed by atoms with Crippen LogP contribution in [0.25, 0.3) is 10.9 Å². The van der Waals surface area contributed by atoms with Crippen molar-refractivity contribution in [3.8, 4) is 0 Å². The molecule has 0 atom stereocenters. The van der Waals surface area contributed by atoms with Gasteiger partial charge >= 0.3 is 0 Å². The number of aromatic amines is 1. The highest BCUT2D eigenvalue weighted by Gasteiger charge is 2.11. The molecule has 0 radical (unpaired) electrons. The number of hydrogen-bond acceptors (Lipinski definition) is 1. The summed E-state index contributed by atoms with van der Waals surface area (Å²) in [4.78, 5) is 15.0. The van der Waals surface area contributed by atoms with Gasteiger partial charge in [-0.2, -0.15) is 0 Å². The van der Waals surface area contributed by atoms with Gasteiger partial charge in [-0.15, -0.1) is 0 Å². The van der Waals surface area contributed by atoms with Crippen LogP contribution in [0.5, 0.6) is 0 Å². The Hall–Kier alpha value is -1.51. The quantitative estimate of drug-likeness (QED) is 0.826. The summed E-state index contributed by atoms with van der Waals surface area (Å²) in [5.41, 5.74) is 3.19. The Balaban J connectivity index is 2.83. The minimum absolute atomic E-state index is 0.0404. The molecule has 0 spiro atoms. The molecular formula is C13H18N2O. The Morgan fingerprint density at radius 2 is 2.12 bits per heavy atom. The lowest BCUT2D eigenvalue weighted by molar-refractivity contribution is 0.817. The molecule has 0 aliphatic carbocycles. The first-order valence-corrected chi connectivity index (χ1v) is 5.75. The molecule has 3 heteroatoms.